The molecule has 1 unspecified atom stereocenters. The number of methoxy groups -OCH3 is 4. The molecule has 0 saturated carbocycles. The van der Waals surface area contributed by atoms with Crippen LogP contribution in [0.25, 0.3) is 0 Å². The maximum absolute atomic E-state index is 12.0. The lowest BCUT2D eigenvalue weighted by molar-refractivity contribution is 0.178. The number of piperidine rings is 1. The zero-order valence-corrected chi connectivity index (χ0v) is 17.5. The van der Waals surface area contributed by atoms with Crippen molar-refractivity contribution in [2.45, 2.75) is 31.9 Å². The summed E-state index contributed by atoms with van der Waals surface area (Å²) in [7, 11) is 6.43. The van der Waals surface area contributed by atoms with Crippen LogP contribution in [0.1, 0.15) is 35.8 Å². The average Bonchev–Trinajstić information content (AvgIpc) is 2.73. The van der Waals surface area contributed by atoms with Crippen molar-refractivity contribution in [2.24, 2.45) is 0 Å². The lowest BCUT2D eigenvalue weighted by Crippen LogP contribution is -2.35. The van der Waals surface area contributed by atoms with Crippen LogP contribution in [0.2, 0.25) is 0 Å². The van der Waals surface area contributed by atoms with Crippen molar-refractivity contribution in [3.8, 4) is 17.2 Å². The maximum atomic E-state index is 12.0. The molecule has 1 fully saturated rings. The molecule has 8 nitrogen and oxygen atoms in total. The van der Waals surface area contributed by atoms with Crippen LogP contribution in [0.4, 0.5) is 0 Å². The van der Waals surface area contributed by atoms with Crippen molar-refractivity contribution in [1.29, 1.82) is 0 Å². The third-order valence-corrected chi connectivity index (χ3v) is 5.13. The lowest BCUT2D eigenvalue weighted by atomic mass is 9.96. The van der Waals surface area contributed by atoms with Gasteiger partial charge in [0.05, 0.1) is 33.6 Å². The zero-order chi connectivity index (χ0) is 20.8. The van der Waals surface area contributed by atoms with Gasteiger partial charge in [-0.1, -0.05) is 0 Å². The van der Waals surface area contributed by atoms with Gasteiger partial charge in [-0.25, -0.2) is 4.98 Å². The van der Waals surface area contributed by atoms with Gasteiger partial charge in [-0.3, -0.25) is 9.69 Å². The Morgan fingerprint density at radius 2 is 1.83 bits per heavy atom. The summed E-state index contributed by atoms with van der Waals surface area (Å²) >= 11 is 0. The van der Waals surface area contributed by atoms with Gasteiger partial charge >= 0.3 is 0 Å². The monoisotopic (exact) mass is 403 g/mol. The number of likely N-dealkylation sites (tertiary alicyclic amines) is 1. The Morgan fingerprint density at radius 1 is 1.10 bits per heavy atom. The first kappa shape index (κ1) is 21.1. The van der Waals surface area contributed by atoms with Gasteiger partial charge in [0, 0.05) is 32.2 Å². The van der Waals surface area contributed by atoms with Gasteiger partial charge < -0.3 is 23.9 Å². The first-order valence-corrected chi connectivity index (χ1v) is 9.68. The van der Waals surface area contributed by atoms with Gasteiger partial charge in [-0.15, -0.1) is 0 Å². The van der Waals surface area contributed by atoms with Crippen molar-refractivity contribution in [2.75, 3.05) is 41.5 Å². The summed E-state index contributed by atoms with van der Waals surface area (Å²) < 4.78 is 21.5. The summed E-state index contributed by atoms with van der Waals surface area (Å²) in [6.45, 7) is 2.87. The Bertz CT molecular complexity index is 858. The minimum absolute atomic E-state index is 0.135. The Labute approximate surface area is 170 Å². The van der Waals surface area contributed by atoms with E-state index in [0.29, 0.717) is 29.5 Å². The minimum Gasteiger partial charge on any atom is -0.493 e. The van der Waals surface area contributed by atoms with Crippen molar-refractivity contribution in [3.63, 3.8) is 0 Å². The largest absolute Gasteiger partial charge is 0.493 e. The summed E-state index contributed by atoms with van der Waals surface area (Å²) in [6.07, 6.45) is 2.03. The third kappa shape index (κ3) is 5.07. The molecule has 0 amide bonds. The molecule has 1 aromatic heterocycles. The molecule has 1 saturated heterocycles. The van der Waals surface area contributed by atoms with Crippen molar-refractivity contribution in [1.82, 2.24) is 14.9 Å². The lowest BCUT2D eigenvalue weighted by Gasteiger charge is -2.32. The smallest absolute Gasteiger partial charge is 0.251 e. The highest BCUT2D eigenvalue weighted by atomic mass is 16.5. The molecule has 8 heteroatoms. The normalized spacial score (nSPS) is 17.2. The Hall–Kier alpha value is -2.58. The molecule has 29 heavy (non-hydrogen) atoms. The van der Waals surface area contributed by atoms with Crippen LogP contribution < -0.4 is 19.8 Å². The molecule has 0 aliphatic carbocycles. The number of nitrogens with one attached hydrogen (secondary N) is 1. The van der Waals surface area contributed by atoms with E-state index in [9.17, 15) is 4.79 Å². The summed E-state index contributed by atoms with van der Waals surface area (Å²) in [5, 5.41) is 0. The van der Waals surface area contributed by atoms with Crippen LogP contribution in [-0.2, 0) is 17.9 Å². The molecule has 158 valence electrons. The van der Waals surface area contributed by atoms with Gasteiger partial charge in [0.25, 0.3) is 5.56 Å². The van der Waals surface area contributed by atoms with Gasteiger partial charge in [0.2, 0.25) is 5.75 Å². The average molecular weight is 403 g/mol. The third-order valence-electron chi connectivity index (χ3n) is 5.13. The van der Waals surface area contributed by atoms with E-state index in [1.54, 1.807) is 28.4 Å². The number of ether oxygens (including phenoxy) is 4. The number of aromatic nitrogens is 2. The topological polar surface area (TPSA) is 85.9 Å². The van der Waals surface area contributed by atoms with E-state index in [2.05, 4.69) is 14.9 Å². The van der Waals surface area contributed by atoms with E-state index in [1.807, 2.05) is 12.1 Å². The van der Waals surface area contributed by atoms with E-state index in [-0.39, 0.29) is 11.5 Å². The van der Waals surface area contributed by atoms with Crippen molar-refractivity contribution < 1.29 is 18.9 Å². The van der Waals surface area contributed by atoms with Crippen LogP contribution in [0.15, 0.2) is 23.0 Å². The second-order valence-electron chi connectivity index (χ2n) is 7.16. The molecular formula is C21H29N3O5. The quantitative estimate of drug-likeness (QED) is 0.724. The van der Waals surface area contributed by atoms with Crippen LogP contribution in [0.5, 0.6) is 17.2 Å². The van der Waals surface area contributed by atoms with Crippen LogP contribution in [-0.4, -0.2) is 56.4 Å². The standard InChI is InChI=1S/C21H29N3O5/c1-26-13-16-10-19(25)23-21(22-16)15-6-5-7-24(12-15)11-14-8-17(27-2)20(29-4)18(9-14)28-3/h8-10,15H,5-7,11-13H2,1-4H3,(H,22,23,25). The number of benzene rings is 1. The number of H-pyrrole nitrogens is 1. The van der Waals surface area contributed by atoms with Crippen LogP contribution in [0.3, 0.4) is 0 Å². The van der Waals surface area contributed by atoms with E-state index in [1.165, 1.54) is 6.07 Å². The molecule has 1 atom stereocenters. The Balaban J connectivity index is 1.77. The molecule has 0 radical (unpaired) electrons. The summed E-state index contributed by atoms with van der Waals surface area (Å²) in [5.74, 6) is 2.80. The van der Waals surface area contributed by atoms with Crippen LogP contribution in [0, 0.1) is 0 Å². The molecule has 2 heterocycles. The highest BCUT2D eigenvalue weighted by molar-refractivity contribution is 5.53. The predicted octanol–water partition coefficient (Wildman–Crippen LogP) is 2.32. The highest BCUT2D eigenvalue weighted by Crippen LogP contribution is 2.38. The van der Waals surface area contributed by atoms with E-state index in [4.69, 9.17) is 18.9 Å². The highest BCUT2D eigenvalue weighted by Gasteiger charge is 2.24. The first-order chi connectivity index (χ1) is 14.1. The Morgan fingerprint density at radius 3 is 2.45 bits per heavy atom. The summed E-state index contributed by atoms with van der Waals surface area (Å²) in [5.41, 5.74) is 1.60. The van der Waals surface area contributed by atoms with Crippen LogP contribution >= 0.6 is 0 Å². The fraction of sp³-hybridized carbons (Fsp3) is 0.524. The number of nitrogens with zero attached hydrogens (tertiary/aromatic N) is 2. The van der Waals surface area contributed by atoms with Gasteiger partial charge in [0.15, 0.2) is 11.5 Å². The van der Waals surface area contributed by atoms with Gasteiger partial charge in [0.1, 0.15) is 5.82 Å². The van der Waals surface area contributed by atoms with Gasteiger partial charge in [-0.05, 0) is 37.1 Å². The molecule has 2 aromatic rings. The van der Waals surface area contributed by atoms with Crippen molar-refractivity contribution >= 4 is 0 Å². The molecule has 0 bridgehead atoms. The second kappa shape index (κ2) is 9.76. The molecule has 1 aromatic carbocycles. The summed E-state index contributed by atoms with van der Waals surface area (Å²) in [4.78, 5) is 21.9. The SMILES string of the molecule is COCc1cc(=O)[nH]c(C2CCCN(Cc3cc(OC)c(OC)c(OC)c3)C2)n1. The molecule has 1 aliphatic heterocycles. The fourth-order valence-electron chi connectivity index (χ4n) is 3.85. The zero-order valence-electron chi connectivity index (χ0n) is 17.5. The van der Waals surface area contributed by atoms with E-state index >= 15 is 0 Å². The minimum atomic E-state index is -0.135. The fourth-order valence-corrected chi connectivity index (χ4v) is 3.85. The molecular weight excluding hydrogens is 374 g/mol. The summed E-state index contributed by atoms with van der Waals surface area (Å²) in [6, 6.07) is 5.44. The number of hydrogen-bond donors (Lipinski definition) is 1. The number of rotatable bonds is 8. The number of hydrogen-bond acceptors (Lipinski definition) is 7. The molecule has 3 rings (SSSR count). The first-order valence-electron chi connectivity index (χ1n) is 9.68. The van der Waals surface area contributed by atoms with E-state index < -0.39 is 0 Å². The molecule has 0 spiro atoms. The van der Waals surface area contributed by atoms with Gasteiger partial charge in [-0.2, -0.15) is 0 Å². The van der Waals surface area contributed by atoms with Crippen molar-refractivity contribution in [3.05, 3.63) is 45.6 Å². The Kier molecular flexibility index (Phi) is 7.11. The second-order valence-corrected chi connectivity index (χ2v) is 7.16. The van der Waals surface area contributed by atoms with E-state index in [0.717, 1.165) is 43.9 Å². The maximum Gasteiger partial charge on any atom is 0.251 e. The predicted molar refractivity (Wildman–Crippen MR) is 109 cm³/mol. The molecule has 1 N–H and O–H groups in total. The molecule has 1 aliphatic rings. The number of aromatic amines is 1.